The number of carbonyl (C=O) groups excluding carboxylic acids is 3. The molecule has 1 aromatic carbocycles. The number of likely N-dealkylation sites (tertiary alicyclic amines) is 1. The number of nitrogens with one attached hydrogen (secondary N) is 2. The van der Waals surface area contributed by atoms with E-state index in [1.54, 1.807) is 18.2 Å². The third kappa shape index (κ3) is 6.00. The Kier molecular flexibility index (Phi) is 8.54. The zero-order valence-electron chi connectivity index (χ0n) is 15.2. The standard InChI is InChI=1S/C18H26N4O3.ClH/c1-12-5-7-22(8-6-12)18(25)14-3-4-15(13(2)9-14)21-17(24)11-20-16(23)10-19;/h3-4,9,12H,5-8,10-11,19H2,1-2H3,(H,20,23)(H,21,24);1H. The summed E-state index contributed by atoms with van der Waals surface area (Å²) in [5, 5.41) is 5.13. The lowest BCUT2D eigenvalue weighted by atomic mass is 9.98. The van der Waals surface area contributed by atoms with E-state index in [-0.39, 0.29) is 43.2 Å². The molecule has 0 aliphatic carbocycles. The van der Waals surface area contributed by atoms with Crippen molar-refractivity contribution in [2.24, 2.45) is 11.7 Å². The van der Waals surface area contributed by atoms with Crippen molar-refractivity contribution in [3.05, 3.63) is 29.3 Å². The number of hydrogen-bond acceptors (Lipinski definition) is 4. The van der Waals surface area contributed by atoms with Crippen LogP contribution >= 0.6 is 12.4 Å². The Morgan fingerprint density at radius 3 is 2.42 bits per heavy atom. The van der Waals surface area contributed by atoms with Gasteiger partial charge in [0.05, 0.1) is 13.1 Å². The average Bonchev–Trinajstić information content (AvgIpc) is 2.61. The topological polar surface area (TPSA) is 105 Å². The predicted molar refractivity (Wildman–Crippen MR) is 103 cm³/mol. The van der Waals surface area contributed by atoms with E-state index in [1.807, 2.05) is 11.8 Å². The van der Waals surface area contributed by atoms with Crippen LogP contribution in [0.1, 0.15) is 35.7 Å². The highest BCUT2D eigenvalue weighted by molar-refractivity contribution is 5.98. The molecule has 0 bridgehead atoms. The second-order valence-corrected chi connectivity index (χ2v) is 6.53. The Balaban J connectivity index is 0.00000338. The molecule has 0 radical (unpaired) electrons. The van der Waals surface area contributed by atoms with Crippen molar-refractivity contribution in [3.8, 4) is 0 Å². The zero-order chi connectivity index (χ0) is 18.4. The smallest absolute Gasteiger partial charge is 0.253 e. The molecule has 8 heteroatoms. The molecule has 3 amide bonds. The predicted octanol–water partition coefficient (Wildman–Crippen LogP) is 1.30. The molecule has 1 saturated heterocycles. The minimum absolute atomic E-state index is 0. The molecule has 1 aliphatic rings. The van der Waals surface area contributed by atoms with Gasteiger partial charge in [-0.15, -0.1) is 12.4 Å². The van der Waals surface area contributed by atoms with Crippen LogP contribution in [0.2, 0.25) is 0 Å². The molecule has 1 heterocycles. The number of rotatable bonds is 5. The van der Waals surface area contributed by atoms with E-state index in [2.05, 4.69) is 17.6 Å². The van der Waals surface area contributed by atoms with E-state index >= 15 is 0 Å². The molecule has 144 valence electrons. The van der Waals surface area contributed by atoms with Crippen LogP contribution in [0.4, 0.5) is 5.69 Å². The minimum atomic E-state index is -0.385. The molecule has 26 heavy (non-hydrogen) atoms. The van der Waals surface area contributed by atoms with Crippen LogP contribution in [-0.4, -0.2) is 48.8 Å². The molecular formula is C18H27ClN4O3. The molecule has 0 saturated carbocycles. The van der Waals surface area contributed by atoms with Crippen molar-refractivity contribution >= 4 is 35.8 Å². The summed E-state index contributed by atoms with van der Waals surface area (Å²) in [5.41, 5.74) is 7.22. The highest BCUT2D eigenvalue weighted by atomic mass is 35.5. The number of halogens is 1. The van der Waals surface area contributed by atoms with Crippen molar-refractivity contribution < 1.29 is 14.4 Å². The second kappa shape index (κ2) is 10.1. The highest BCUT2D eigenvalue weighted by Crippen LogP contribution is 2.21. The third-order valence-electron chi connectivity index (χ3n) is 4.45. The third-order valence-corrected chi connectivity index (χ3v) is 4.45. The maximum Gasteiger partial charge on any atom is 0.253 e. The fourth-order valence-corrected chi connectivity index (χ4v) is 2.78. The first kappa shape index (κ1) is 21.9. The summed E-state index contributed by atoms with van der Waals surface area (Å²) in [5.74, 6) is -0.0242. The van der Waals surface area contributed by atoms with E-state index in [1.165, 1.54) is 0 Å². The van der Waals surface area contributed by atoms with Gasteiger partial charge in [-0.3, -0.25) is 14.4 Å². The number of anilines is 1. The maximum atomic E-state index is 12.6. The monoisotopic (exact) mass is 382 g/mol. The minimum Gasteiger partial charge on any atom is -0.346 e. The van der Waals surface area contributed by atoms with Gasteiger partial charge in [-0.1, -0.05) is 6.92 Å². The number of amides is 3. The Hall–Kier alpha value is -2.12. The summed E-state index contributed by atoms with van der Waals surface area (Å²) < 4.78 is 0. The molecule has 0 unspecified atom stereocenters. The first-order chi connectivity index (χ1) is 11.9. The maximum absolute atomic E-state index is 12.6. The number of hydrogen-bond donors (Lipinski definition) is 3. The number of carbonyl (C=O) groups is 3. The Labute approximate surface area is 160 Å². The largest absolute Gasteiger partial charge is 0.346 e. The zero-order valence-corrected chi connectivity index (χ0v) is 16.0. The van der Waals surface area contributed by atoms with Crippen LogP contribution in [0.25, 0.3) is 0 Å². The molecule has 0 atom stereocenters. The van der Waals surface area contributed by atoms with Gasteiger partial charge in [0.2, 0.25) is 11.8 Å². The van der Waals surface area contributed by atoms with Crippen molar-refractivity contribution in [2.45, 2.75) is 26.7 Å². The van der Waals surface area contributed by atoms with E-state index in [0.29, 0.717) is 17.2 Å². The average molecular weight is 383 g/mol. The number of piperidine rings is 1. The molecular weight excluding hydrogens is 356 g/mol. The van der Waals surface area contributed by atoms with Crippen LogP contribution in [-0.2, 0) is 9.59 Å². The molecule has 2 rings (SSSR count). The summed E-state index contributed by atoms with van der Waals surface area (Å²) in [6.45, 7) is 5.33. The lowest BCUT2D eigenvalue weighted by molar-refractivity contribution is -0.123. The first-order valence-electron chi connectivity index (χ1n) is 8.57. The first-order valence-corrected chi connectivity index (χ1v) is 8.57. The van der Waals surface area contributed by atoms with Gasteiger partial charge in [0.15, 0.2) is 0 Å². The SMILES string of the molecule is Cc1cc(C(=O)N2CCC(C)CC2)ccc1NC(=O)CNC(=O)CN.Cl. The Morgan fingerprint density at radius 1 is 1.19 bits per heavy atom. The van der Waals surface area contributed by atoms with E-state index in [9.17, 15) is 14.4 Å². The molecule has 1 aliphatic heterocycles. The van der Waals surface area contributed by atoms with Crippen LogP contribution in [0.5, 0.6) is 0 Å². The van der Waals surface area contributed by atoms with Crippen molar-refractivity contribution in [3.63, 3.8) is 0 Å². The van der Waals surface area contributed by atoms with E-state index in [0.717, 1.165) is 31.5 Å². The van der Waals surface area contributed by atoms with Gasteiger partial charge in [-0.2, -0.15) is 0 Å². The van der Waals surface area contributed by atoms with Gasteiger partial charge in [0.25, 0.3) is 5.91 Å². The van der Waals surface area contributed by atoms with Gasteiger partial charge in [-0.25, -0.2) is 0 Å². The van der Waals surface area contributed by atoms with Crippen LogP contribution in [0, 0.1) is 12.8 Å². The summed E-state index contributed by atoms with van der Waals surface area (Å²) >= 11 is 0. The van der Waals surface area contributed by atoms with Crippen LogP contribution < -0.4 is 16.4 Å². The van der Waals surface area contributed by atoms with Gasteiger partial charge in [-0.05, 0) is 49.4 Å². The Bertz CT molecular complexity index is 658. The van der Waals surface area contributed by atoms with Gasteiger partial charge < -0.3 is 21.3 Å². The van der Waals surface area contributed by atoms with Gasteiger partial charge >= 0.3 is 0 Å². The lowest BCUT2D eigenvalue weighted by Gasteiger charge is -2.30. The second-order valence-electron chi connectivity index (χ2n) is 6.53. The number of aryl methyl sites for hydroxylation is 1. The summed E-state index contributed by atoms with van der Waals surface area (Å²) in [6, 6.07) is 5.23. The number of benzene rings is 1. The number of nitrogens with zero attached hydrogens (tertiary/aromatic N) is 1. The molecule has 0 aromatic heterocycles. The number of nitrogens with two attached hydrogens (primary N) is 1. The molecule has 1 fully saturated rings. The molecule has 1 aromatic rings. The summed E-state index contributed by atoms with van der Waals surface area (Å²) in [7, 11) is 0. The van der Waals surface area contributed by atoms with Crippen molar-refractivity contribution in [1.29, 1.82) is 0 Å². The highest BCUT2D eigenvalue weighted by Gasteiger charge is 2.21. The lowest BCUT2D eigenvalue weighted by Crippen LogP contribution is -2.38. The summed E-state index contributed by atoms with van der Waals surface area (Å²) in [4.78, 5) is 37.4. The van der Waals surface area contributed by atoms with E-state index < -0.39 is 0 Å². The van der Waals surface area contributed by atoms with Crippen LogP contribution in [0.3, 0.4) is 0 Å². The summed E-state index contributed by atoms with van der Waals surface area (Å²) in [6.07, 6.45) is 2.07. The molecule has 0 spiro atoms. The molecule has 7 nitrogen and oxygen atoms in total. The fraction of sp³-hybridized carbons (Fsp3) is 0.500. The van der Waals surface area contributed by atoms with Crippen molar-refractivity contribution in [2.75, 3.05) is 31.5 Å². The Morgan fingerprint density at radius 2 is 1.85 bits per heavy atom. The van der Waals surface area contributed by atoms with Gasteiger partial charge in [0, 0.05) is 24.3 Å². The quantitative estimate of drug-likeness (QED) is 0.713. The fourth-order valence-electron chi connectivity index (χ4n) is 2.78. The van der Waals surface area contributed by atoms with Crippen LogP contribution in [0.15, 0.2) is 18.2 Å². The van der Waals surface area contributed by atoms with Crippen molar-refractivity contribution in [1.82, 2.24) is 10.2 Å². The van der Waals surface area contributed by atoms with E-state index in [4.69, 9.17) is 5.73 Å². The molecule has 4 N–H and O–H groups in total. The normalized spacial score (nSPS) is 14.3. The van der Waals surface area contributed by atoms with Gasteiger partial charge in [0.1, 0.15) is 0 Å².